The quantitative estimate of drug-likeness (QED) is 0.374. The van der Waals surface area contributed by atoms with Crippen LogP contribution in [0.1, 0.15) is 17.1 Å². The van der Waals surface area contributed by atoms with Crippen molar-refractivity contribution in [1.82, 2.24) is 19.6 Å². The highest BCUT2D eigenvalue weighted by Gasteiger charge is 2.18. The predicted molar refractivity (Wildman–Crippen MR) is 110 cm³/mol. The molecule has 0 saturated carbocycles. The molecule has 0 aliphatic heterocycles. The molecule has 9 heteroatoms. The third kappa shape index (κ3) is 3.57. The van der Waals surface area contributed by atoms with Crippen LogP contribution in [0.2, 0.25) is 0 Å². The second-order valence-electron chi connectivity index (χ2n) is 6.80. The van der Waals surface area contributed by atoms with E-state index in [1.165, 1.54) is 0 Å². The molecule has 0 aliphatic carbocycles. The minimum absolute atomic E-state index is 0.525. The molecule has 4 rings (SSSR count). The zero-order valence-electron chi connectivity index (χ0n) is 17.2. The summed E-state index contributed by atoms with van der Waals surface area (Å²) in [5.74, 6) is 2.53. The number of anilines is 1. The summed E-state index contributed by atoms with van der Waals surface area (Å²) in [5.41, 5.74) is 4.36. The van der Waals surface area contributed by atoms with Gasteiger partial charge in [-0.05, 0) is 37.1 Å². The Balaban J connectivity index is 1.76. The molecule has 0 fully saturated rings. The Morgan fingerprint density at radius 3 is 2.47 bits per heavy atom. The highest BCUT2D eigenvalue weighted by atomic mass is 16.5. The Kier molecular flexibility index (Phi) is 5.09. The molecule has 0 bridgehead atoms. The van der Waals surface area contributed by atoms with Crippen molar-refractivity contribution >= 4 is 11.6 Å². The number of aromatic nitrogens is 5. The molecule has 30 heavy (non-hydrogen) atoms. The standard InChI is InChI=1S/C21H23N6O3/c1-13-19(16-5-6-17(29-3)18(11-16)30-4)20-23-14(2)24-21(27(20)25-13)22-12-15-7-9-26(28)10-8-15/h5-11,28H,12H2,1-4H3,(H,22,23,24)/q+1. The number of methoxy groups -OCH3 is 2. The van der Waals surface area contributed by atoms with Crippen molar-refractivity contribution in [2.24, 2.45) is 0 Å². The number of nitrogens with zero attached hydrogens (tertiary/aromatic N) is 5. The molecule has 0 radical (unpaired) electrons. The van der Waals surface area contributed by atoms with Crippen LogP contribution >= 0.6 is 0 Å². The maximum atomic E-state index is 9.38. The van der Waals surface area contributed by atoms with E-state index in [2.05, 4.69) is 20.4 Å². The van der Waals surface area contributed by atoms with E-state index in [4.69, 9.17) is 9.47 Å². The van der Waals surface area contributed by atoms with Crippen LogP contribution in [0.4, 0.5) is 5.95 Å². The number of fused-ring (bicyclic) bond motifs is 1. The first-order valence-corrected chi connectivity index (χ1v) is 9.40. The fourth-order valence-corrected chi connectivity index (χ4v) is 3.34. The molecular formula is C21H23N6O3+. The lowest BCUT2D eigenvalue weighted by molar-refractivity contribution is -0.904. The van der Waals surface area contributed by atoms with Crippen molar-refractivity contribution in [3.8, 4) is 22.6 Å². The number of pyridine rings is 1. The van der Waals surface area contributed by atoms with Crippen LogP contribution in [0, 0.1) is 13.8 Å². The zero-order chi connectivity index (χ0) is 21.3. The number of nitrogens with one attached hydrogen (secondary N) is 1. The van der Waals surface area contributed by atoms with E-state index in [1.54, 1.807) is 31.1 Å². The molecular weight excluding hydrogens is 384 g/mol. The molecule has 1 aromatic carbocycles. The zero-order valence-corrected chi connectivity index (χ0v) is 17.2. The van der Waals surface area contributed by atoms with Crippen LogP contribution in [0.25, 0.3) is 16.8 Å². The number of hydrogen-bond donors (Lipinski definition) is 2. The molecule has 0 spiro atoms. The average Bonchev–Trinajstić information content (AvgIpc) is 3.08. The molecule has 154 valence electrons. The summed E-state index contributed by atoms with van der Waals surface area (Å²) in [6, 6.07) is 9.39. The monoisotopic (exact) mass is 407 g/mol. The summed E-state index contributed by atoms with van der Waals surface area (Å²) < 4.78 is 13.5. The van der Waals surface area contributed by atoms with Crippen LogP contribution in [-0.4, -0.2) is 39.0 Å². The first-order valence-electron chi connectivity index (χ1n) is 9.40. The molecule has 3 heterocycles. The van der Waals surface area contributed by atoms with Gasteiger partial charge in [0.05, 0.1) is 19.9 Å². The highest BCUT2D eigenvalue weighted by Crippen LogP contribution is 2.35. The third-order valence-electron chi connectivity index (χ3n) is 4.78. The van der Waals surface area contributed by atoms with Gasteiger partial charge in [0, 0.05) is 29.0 Å². The van der Waals surface area contributed by atoms with E-state index < -0.39 is 0 Å². The Morgan fingerprint density at radius 2 is 1.77 bits per heavy atom. The van der Waals surface area contributed by atoms with E-state index in [0.29, 0.717) is 35.5 Å². The van der Waals surface area contributed by atoms with Crippen molar-refractivity contribution in [1.29, 1.82) is 0 Å². The van der Waals surface area contributed by atoms with Gasteiger partial charge in [0.15, 0.2) is 17.1 Å². The lowest BCUT2D eigenvalue weighted by Gasteiger charge is -2.10. The van der Waals surface area contributed by atoms with Crippen molar-refractivity contribution in [2.75, 3.05) is 19.5 Å². The summed E-state index contributed by atoms with van der Waals surface area (Å²) in [6.07, 6.45) is 3.15. The maximum absolute atomic E-state index is 9.38. The van der Waals surface area contributed by atoms with Gasteiger partial charge in [0.25, 0.3) is 0 Å². The van der Waals surface area contributed by atoms with Gasteiger partial charge in [0.1, 0.15) is 5.82 Å². The number of aryl methyl sites for hydroxylation is 2. The Hall–Kier alpha value is -3.88. The second-order valence-corrected chi connectivity index (χ2v) is 6.80. The summed E-state index contributed by atoms with van der Waals surface area (Å²) in [5, 5.41) is 17.4. The summed E-state index contributed by atoms with van der Waals surface area (Å²) >= 11 is 0. The van der Waals surface area contributed by atoms with E-state index in [9.17, 15) is 5.21 Å². The van der Waals surface area contributed by atoms with Gasteiger partial charge in [-0.25, -0.2) is 4.98 Å². The SMILES string of the molecule is COc1ccc(-c2c(C)nn3c(NCc4cc[n+](O)cc4)nc(C)nc23)cc1OC. The highest BCUT2D eigenvalue weighted by molar-refractivity contribution is 5.81. The van der Waals surface area contributed by atoms with E-state index in [1.807, 2.05) is 44.2 Å². The Morgan fingerprint density at radius 1 is 1.03 bits per heavy atom. The second kappa shape index (κ2) is 7.86. The summed E-state index contributed by atoms with van der Waals surface area (Å²) in [4.78, 5) is 9.16. The fourth-order valence-electron chi connectivity index (χ4n) is 3.34. The molecule has 0 unspecified atom stereocenters. The van der Waals surface area contributed by atoms with Gasteiger partial charge in [-0.2, -0.15) is 14.6 Å². The van der Waals surface area contributed by atoms with Gasteiger partial charge < -0.3 is 14.8 Å². The van der Waals surface area contributed by atoms with Crippen LogP contribution in [0.5, 0.6) is 11.5 Å². The third-order valence-corrected chi connectivity index (χ3v) is 4.78. The fraction of sp³-hybridized carbons (Fsp3) is 0.238. The molecule has 9 nitrogen and oxygen atoms in total. The van der Waals surface area contributed by atoms with Crippen molar-refractivity contribution in [3.63, 3.8) is 0 Å². The number of benzene rings is 1. The molecule has 0 saturated heterocycles. The van der Waals surface area contributed by atoms with Crippen molar-refractivity contribution in [2.45, 2.75) is 20.4 Å². The van der Waals surface area contributed by atoms with Gasteiger partial charge in [0.2, 0.25) is 18.3 Å². The van der Waals surface area contributed by atoms with Crippen LogP contribution in [-0.2, 0) is 6.54 Å². The van der Waals surface area contributed by atoms with Gasteiger partial charge in [-0.1, -0.05) is 6.07 Å². The van der Waals surface area contributed by atoms with Gasteiger partial charge in [-0.3, -0.25) is 5.21 Å². The normalized spacial score (nSPS) is 10.9. The molecule has 2 N–H and O–H groups in total. The molecule has 0 atom stereocenters. The van der Waals surface area contributed by atoms with Crippen LogP contribution in [0.15, 0.2) is 42.7 Å². The van der Waals surface area contributed by atoms with Crippen LogP contribution in [0.3, 0.4) is 0 Å². The topological polar surface area (TPSA) is 97.7 Å². The summed E-state index contributed by atoms with van der Waals surface area (Å²) in [7, 11) is 3.22. The van der Waals surface area contributed by atoms with E-state index in [0.717, 1.165) is 27.1 Å². The minimum Gasteiger partial charge on any atom is -0.493 e. The first-order chi connectivity index (χ1) is 14.5. The molecule has 3 aromatic heterocycles. The predicted octanol–water partition coefficient (Wildman–Crippen LogP) is 2.56. The van der Waals surface area contributed by atoms with Gasteiger partial charge >= 0.3 is 0 Å². The smallest absolute Gasteiger partial charge is 0.227 e. The number of hydrogen-bond acceptors (Lipinski definition) is 7. The minimum atomic E-state index is 0.525. The molecule has 0 amide bonds. The van der Waals surface area contributed by atoms with Crippen molar-refractivity contribution < 1.29 is 19.4 Å². The van der Waals surface area contributed by atoms with E-state index >= 15 is 0 Å². The van der Waals surface area contributed by atoms with E-state index in [-0.39, 0.29) is 0 Å². The lowest BCUT2D eigenvalue weighted by atomic mass is 10.1. The number of ether oxygens (including phenoxy) is 2. The summed E-state index contributed by atoms with van der Waals surface area (Å²) in [6.45, 7) is 4.32. The molecule has 4 aromatic rings. The van der Waals surface area contributed by atoms with Crippen molar-refractivity contribution in [3.05, 3.63) is 59.8 Å². The largest absolute Gasteiger partial charge is 0.493 e. The van der Waals surface area contributed by atoms with Gasteiger partial charge in [-0.15, -0.1) is 0 Å². The Bertz CT molecular complexity index is 1200. The van der Waals surface area contributed by atoms with Crippen LogP contribution < -0.4 is 19.5 Å². The Labute approximate surface area is 173 Å². The molecule has 0 aliphatic rings. The average molecular weight is 407 g/mol. The lowest BCUT2D eigenvalue weighted by Crippen LogP contribution is -2.28. The maximum Gasteiger partial charge on any atom is 0.227 e. The first kappa shape index (κ1) is 19.4. The number of rotatable bonds is 6.